The largest absolute Gasteiger partial charge is 0.460 e. The van der Waals surface area contributed by atoms with E-state index in [0.717, 1.165) is 5.56 Å². The van der Waals surface area contributed by atoms with E-state index in [0.29, 0.717) is 0 Å². The predicted molar refractivity (Wildman–Crippen MR) is 147 cm³/mol. The summed E-state index contributed by atoms with van der Waals surface area (Å²) in [5, 5.41) is 2.51. The standard InChI is InChI=1S/C28H45NO9S/c1-19-13-15-21(16-14-19)39(33,34)35-17-11-12-20(23(30)36-26(2,3)4)18-22(24(31)37-27(5,6)7)29-25(32)38-28(8,9)10/h13-16,20,22H,11-12,17-18H2,1-10H3,(H,29,32)/t20-,22+/m1/s1. The van der Waals surface area contributed by atoms with Crippen LogP contribution in [0.5, 0.6) is 0 Å². The molecule has 2 atom stereocenters. The predicted octanol–water partition coefficient (Wildman–Crippen LogP) is 5.06. The average molecular weight is 572 g/mol. The van der Waals surface area contributed by atoms with Crippen molar-refractivity contribution >= 4 is 28.1 Å². The monoisotopic (exact) mass is 571 g/mol. The Balaban J connectivity index is 3.06. The molecule has 0 saturated heterocycles. The lowest BCUT2D eigenvalue weighted by atomic mass is 9.94. The molecular formula is C28H45NO9S. The zero-order valence-corrected chi connectivity index (χ0v) is 25.7. The molecule has 0 aliphatic rings. The number of hydrogen-bond acceptors (Lipinski definition) is 9. The number of hydrogen-bond donors (Lipinski definition) is 1. The molecule has 0 bridgehead atoms. The molecule has 0 aliphatic heterocycles. The molecule has 1 amide bonds. The summed E-state index contributed by atoms with van der Waals surface area (Å²) in [4.78, 5) is 38.6. The number of esters is 2. The zero-order chi connectivity index (χ0) is 30.2. The van der Waals surface area contributed by atoms with Crippen LogP contribution in [-0.2, 0) is 38.1 Å². The van der Waals surface area contributed by atoms with E-state index in [-0.39, 0.29) is 30.8 Å². The maximum absolute atomic E-state index is 13.1. The van der Waals surface area contributed by atoms with E-state index >= 15 is 0 Å². The van der Waals surface area contributed by atoms with Crippen LogP contribution in [0.1, 0.15) is 87.1 Å². The topological polar surface area (TPSA) is 134 Å². The lowest BCUT2D eigenvalue weighted by Crippen LogP contribution is -2.47. The van der Waals surface area contributed by atoms with Gasteiger partial charge in [0.15, 0.2) is 0 Å². The van der Waals surface area contributed by atoms with Crippen molar-refractivity contribution in [2.75, 3.05) is 6.61 Å². The molecule has 1 aromatic rings. The van der Waals surface area contributed by atoms with E-state index in [4.69, 9.17) is 18.4 Å². The highest BCUT2D eigenvalue weighted by molar-refractivity contribution is 7.86. The molecule has 11 heteroatoms. The minimum absolute atomic E-state index is 0.0309. The molecule has 10 nitrogen and oxygen atoms in total. The number of aryl methyl sites for hydroxylation is 1. The van der Waals surface area contributed by atoms with E-state index in [9.17, 15) is 22.8 Å². The Morgan fingerprint density at radius 3 is 1.77 bits per heavy atom. The van der Waals surface area contributed by atoms with Crippen LogP contribution in [0.4, 0.5) is 4.79 Å². The van der Waals surface area contributed by atoms with E-state index in [1.165, 1.54) is 12.1 Å². The maximum atomic E-state index is 13.1. The quantitative estimate of drug-likeness (QED) is 0.167. The number of ether oxygens (including phenoxy) is 3. The first-order chi connectivity index (χ1) is 17.6. The van der Waals surface area contributed by atoms with Gasteiger partial charge in [-0.05, 0) is 101 Å². The van der Waals surface area contributed by atoms with Gasteiger partial charge in [-0.2, -0.15) is 8.42 Å². The Morgan fingerprint density at radius 1 is 0.795 bits per heavy atom. The molecule has 0 aliphatic carbocycles. The SMILES string of the molecule is Cc1ccc(S(=O)(=O)OCCC[C@H](C[C@H](NC(=O)OC(C)(C)C)C(=O)OC(C)(C)C)C(=O)OC(C)(C)C)cc1. The highest BCUT2D eigenvalue weighted by atomic mass is 32.2. The first-order valence-corrected chi connectivity index (χ1v) is 14.4. The van der Waals surface area contributed by atoms with E-state index in [1.807, 2.05) is 6.92 Å². The van der Waals surface area contributed by atoms with Crippen molar-refractivity contribution in [3.8, 4) is 0 Å². The molecule has 0 fully saturated rings. The first kappa shape index (κ1) is 34.4. The van der Waals surface area contributed by atoms with E-state index < -0.39 is 56.9 Å². The van der Waals surface area contributed by atoms with E-state index in [2.05, 4.69) is 5.32 Å². The summed E-state index contributed by atoms with van der Waals surface area (Å²) in [6.45, 7) is 16.9. The lowest BCUT2D eigenvalue weighted by Gasteiger charge is -2.29. The highest BCUT2D eigenvalue weighted by Crippen LogP contribution is 2.23. The number of benzene rings is 1. The second-order valence-corrected chi connectivity index (χ2v) is 14.0. The molecule has 0 saturated carbocycles. The molecule has 0 heterocycles. The second-order valence-electron chi connectivity index (χ2n) is 12.4. The highest BCUT2D eigenvalue weighted by Gasteiger charge is 2.35. The van der Waals surface area contributed by atoms with Crippen LogP contribution in [0, 0.1) is 12.8 Å². The Hall–Kier alpha value is -2.66. The third kappa shape index (κ3) is 14.3. The summed E-state index contributed by atoms with van der Waals surface area (Å²) >= 11 is 0. The zero-order valence-electron chi connectivity index (χ0n) is 24.9. The molecule has 0 aromatic heterocycles. The van der Waals surface area contributed by atoms with Gasteiger partial charge in [-0.15, -0.1) is 0 Å². The van der Waals surface area contributed by atoms with Crippen molar-refractivity contribution in [1.29, 1.82) is 0 Å². The van der Waals surface area contributed by atoms with Crippen molar-refractivity contribution in [2.24, 2.45) is 5.92 Å². The molecule has 1 N–H and O–H groups in total. The molecule has 39 heavy (non-hydrogen) atoms. The Labute approximate surface area is 233 Å². The Kier molecular flexibility index (Phi) is 12.0. The molecule has 0 unspecified atom stereocenters. The van der Waals surface area contributed by atoms with Gasteiger partial charge in [-0.25, -0.2) is 9.59 Å². The molecule has 1 rings (SSSR count). The fourth-order valence-electron chi connectivity index (χ4n) is 3.31. The van der Waals surface area contributed by atoms with Crippen LogP contribution in [0.25, 0.3) is 0 Å². The number of alkyl carbamates (subject to hydrolysis) is 1. The van der Waals surface area contributed by atoms with Gasteiger partial charge in [0, 0.05) is 0 Å². The minimum atomic E-state index is -3.98. The number of amides is 1. The van der Waals surface area contributed by atoms with Crippen molar-refractivity contribution in [3.05, 3.63) is 29.8 Å². The van der Waals surface area contributed by atoms with Crippen molar-refractivity contribution in [1.82, 2.24) is 5.32 Å². The summed E-state index contributed by atoms with van der Waals surface area (Å²) in [5.74, 6) is -2.20. The van der Waals surface area contributed by atoms with Crippen LogP contribution in [0.2, 0.25) is 0 Å². The van der Waals surface area contributed by atoms with Gasteiger partial charge in [0.1, 0.15) is 22.8 Å². The molecule has 0 radical (unpaired) electrons. The van der Waals surface area contributed by atoms with Gasteiger partial charge < -0.3 is 19.5 Å². The second kappa shape index (κ2) is 13.6. The molecule has 0 spiro atoms. The molecule has 222 valence electrons. The fraction of sp³-hybridized carbons (Fsp3) is 0.679. The summed E-state index contributed by atoms with van der Waals surface area (Å²) in [7, 11) is -3.98. The average Bonchev–Trinajstić information content (AvgIpc) is 2.71. The summed E-state index contributed by atoms with van der Waals surface area (Å²) in [5.41, 5.74) is -1.55. The summed E-state index contributed by atoms with van der Waals surface area (Å²) < 4.78 is 46.5. The van der Waals surface area contributed by atoms with E-state index in [1.54, 1.807) is 74.4 Å². The van der Waals surface area contributed by atoms with Gasteiger partial charge in [-0.3, -0.25) is 8.98 Å². The maximum Gasteiger partial charge on any atom is 0.408 e. The number of nitrogens with one attached hydrogen (secondary N) is 1. The van der Waals surface area contributed by atoms with Gasteiger partial charge in [-0.1, -0.05) is 17.7 Å². The first-order valence-electron chi connectivity index (χ1n) is 13.0. The summed E-state index contributed by atoms with van der Waals surface area (Å²) in [6, 6.07) is 5.05. The normalized spacial score (nSPS) is 14.2. The molecule has 1 aromatic carbocycles. The van der Waals surface area contributed by atoms with Gasteiger partial charge in [0.05, 0.1) is 17.4 Å². The van der Waals surface area contributed by atoms with Crippen molar-refractivity contribution < 1.29 is 41.2 Å². The Morgan fingerprint density at radius 2 is 1.28 bits per heavy atom. The minimum Gasteiger partial charge on any atom is -0.460 e. The van der Waals surface area contributed by atoms with Crippen LogP contribution < -0.4 is 5.32 Å². The number of rotatable bonds is 11. The number of carbonyl (C=O) groups is 3. The molecular weight excluding hydrogens is 526 g/mol. The van der Waals surface area contributed by atoms with Gasteiger partial charge in [0.25, 0.3) is 10.1 Å². The van der Waals surface area contributed by atoms with Gasteiger partial charge in [0.2, 0.25) is 0 Å². The smallest absolute Gasteiger partial charge is 0.408 e. The number of carbonyl (C=O) groups excluding carboxylic acids is 3. The third-order valence-corrected chi connectivity index (χ3v) is 6.21. The van der Waals surface area contributed by atoms with Crippen molar-refractivity contribution in [3.63, 3.8) is 0 Å². The van der Waals surface area contributed by atoms with Crippen LogP contribution in [0.3, 0.4) is 0 Å². The van der Waals surface area contributed by atoms with Gasteiger partial charge >= 0.3 is 18.0 Å². The lowest BCUT2D eigenvalue weighted by molar-refractivity contribution is -0.163. The van der Waals surface area contributed by atoms with Crippen LogP contribution in [-0.4, -0.2) is 55.9 Å². The summed E-state index contributed by atoms with van der Waals surface area (Å²) in [6.07, 6.45) is -0.682. The Bertz CT molecular complexity index is 1080. The third-order valence-electron chi connectivity index (χ3n) is 4.89. The fourth-order valence-corrected chi connectivity index (χ4v) is 4.25. The van der Waals surface area contributed by atoms with Crippen molar-refractivity contribution in [2.45, 2.75) is 116 Å². The van der Waals surface area contributed by atoms with Crippen LogP contribution in [0.15, 0.2) is 29.2 Å². The van der Waals surface area contributed by atoms with Crippen LogP contribution >= 0.6 is 0 Å².